The number of thiophene rings is 1. The molecular formula is C42H34N4S. The monoisotopic (exact) mass is 626 g/mol. The van der Waals surface area contributed by atoms with E-state index in [1.165, 1.54) is 20.5 Å². The number of fused-ring (bicyclic) bond motifs is 5. The van der Waals surface area contributed by atoms with Crippen molar-refractivity contribution in [1.82, 2.24) is 0 Å². The highest BCUT2D eigenvalue weighted by molar-refractivity contribution is 7.20. The van der Waals surface area contributed by atoms with Crippen molar-refractivity contribution in [1.29, 1.82) is 5.26 Å². The first-order valence-corrected chi connectivity index (χ1v) is 16.6. The molecule has 0 radical (unpaired) electrons. The lowest BCUT2D eigenvalue weighted by molar-refractivity contribution is 0.783. The predicted octanol–water partition coefficient (Wildman–Crippen LogP) is 10.5. The molecule has 0 fully saturated rings. The van der Waals surface area contributed by atoms with Crippen molar-refractivity contribution in [2.24, 2.45) is 10.7 Å². The second kappa shape index (κ2) is 13.0. The third-order valence-corrected chi connectivity index (χ3v) is 9.88. The highest BCUT2D eigenvalue weighted by Gasteiger charge is 2.25. The molecule has 5 aromatic rings. The number of benzene rings is 4. The van der Waals surface area contributed by atoms with Crippen molar-refractivity contribution < 1.29 is 0 Å². The first kappa shape index (κ1) is 30.0. The maximum absolute atomic E-state index is 9.38. The molecular weight excluding hydrogens is 593 g/mol. The summed E-state index contributed by atoms with van der Waals surface area (Å²) in [6, 6.07) is 32.7. The van der Waals surface area contributed by atoms with Crippen LogP contribution in [0.4, 0.5) is 11.4 Å². The zero-order chi connectivity index (χ0) is 32.3. The number of hydrogen-bond donors (Lipinski definition) is 1. The number of nitrogens with zero attached hydrogens (tertiary/aromatic N) is 3. The second-order valence-corrected chi connectivity index (χ2v) is 12.9. The van der Waals surface area contributed by atoms with Gasteiger partial charge >= 0.3 is 0 Å². The number of hydrogen-bond acceptors (Lipinski definition) is 5. The summed E-state index contributed by atoms with van der Waals surface area (Å²) in [5, 5.41) is 10.7. The summed E-state index contributed by atoms with van der Waals surface area (Å²) >= 11 is 1.87. The highest BCUT2D eigenvalue weighted by atomic mass is 32.1. The molecule has 0 spiro atoms. The minimum Gasteiger partial charge on any atom is -0.398 e. The fourth-order valence-corrected chi connectivity index (χ4v) is 7.71. The molecule has 47 heavy (non-hydrogen) atoms. The predicted molar refractivity (Wildman–Crippen MR) is 200 cm³/mol. The minimum absolute atomic E-state index is 0.469. The highest BCUT2D eigenvalue weighted by Crippen LogP contribution is 2.48. The van der Waals surface area contributed by atoms with Crippen LogP contribution in [0.5, 0.6) is 0 Å². The quantitative estimate of drug-likeness (QED) is 0.191. The van der Waals surface area contributed by atoms with Crippen LogP contribution in [0, 0.1) is 11.3 Å². The number of nitrogens with two attached hydrogens (primary N) is 1. The molecule has 1 aromatic heterocycles. The van der Waals surface area contributed by atoms with E-state index in [0.29, 0.717) is 23.7 Å². The van der Waals surface area contributed by atoms with Crippen LogP contribution < -0.4 is 10.6 Å². The van der Waals surface area contributed by atoms with Gasteiger partial charge in [-0.15, -0.1) is 11.3 Å². The van der Waals surface area contributed by atoms with Crippen molar-refractivity contribution >= 4 is 55.9 Å². The van der Waals surface area contributed by atoms with E-state index in [9.17, 15) is 5.26 Å². The van der Waals surface area contributed by atoms with Crippen molar-refractivity contribution in [2.45, 2.75) is 25.8 Å². The van der Waals surface area contributed by atoms with Gasteiger partial charge in [0.15, 0.2) is 0 Å². The summed E-state index contributed by atoms with van der Waals surface area (Å²) in [5.74, 6) is 0.487. The summed E-state index contributed by atoms with van der Waals surface area (Å²) in [6.07, 6.45) is 15.9. The summed E-state index contributed by atoms with van der Waals surface area (Å²) in [4.78, 5) is 8.73. The maximum atomic E-state index is 9.38. The number of nitriles is 1. The average Bonchev–Trinajstić information content (AvgIpc) is 3.49. The molecule has 1 aliphatic heterocycles. The van der Waals surface area contributed by atoms with Gasteiger partial charge in [0.2, 0.25) is 0 Å². The third kappa shape index (κ3) is 6.00. The van der Waals surface area contributed by atoms with Crippen LogP contribution in [0.3, 0.4) is 0 Å². The minimum atomic E-state index is 0.469. The Morgan fingerprint density at radius 1 is 1.00 bits per heavy atom. The number of allylic oxidation sites excluding steroid dienone is 6. The molecule has 4 aromatic carbocycles. The van der Waals surface area contributed by atoms with E-state index in [-0.39, 0.29) is 0 Å². The Hall–Kier alpha value is -5.70. The molecule has 7 rings (SSSR count). The summed E-state index contributed by atoms with van der Waals surface area (Å²) in [6.45, 7) is 7.23. The molecule has 2 N–H and O–H groups in total. The van der Waals surface area contributed by atoms with Crippen LogP contribution >= 0.6 is 11.3 Å². The Labute approximate surface area is 280 Å². The normalized spacial score (nSPS) is 17.4. The van der Waals surface area contributed by atoms with Gasteiger partial charge in [0.25, 0.3) is 0 Å². The lowest BCUT2D eigenvalue weighted by Gasteiger charge is -2.26. The van der Waals surface area contributed by atoms with Gasteiger partial charge < -0.3 is 10.6 Å². The fraction of sp³-hybridized carbons (Fsp3) is 0.0952. The van der Waals surface area contributed by atoms with E-state index in [1.54, 1.807) is 12.1 Å². The molecule has 1 aliphatic carbocycles. The van der Waals surface area contributed by atoms with Gasteiger partial charge in [0, 0.05) is 28.0 Å². The Kier molecular flexibility index (Phi) is 8.27. The second-order valence-electron chi connectivity index (χ2n) is 11.9. The van der Waals surface area contributed by atoms with Crippen LogP contribution in [0.2, 0.25) is 0 Å². The summed E-state index contributed by atoms with van der Waals surface area (Å²) in [5.41, 5.74) is 17.1. The van der Waals surface area contributed by atoms with Crippen molar-refractivity contribution in [3.63, 3.8) is 0 Å². The molecule has 0 saturated carbocycles. The molecule has 0 amide bonds. The molecule has 5 heteroatoms. The molecule has 1 unspecified atom stereocenters. The van der Waals surface area contributed by atoms with E-state index < -0.39 is 0 Å². The average molecular weight is 627 g/mol. The van der Waals surface area contributed by atoms with E-state index >= 15 is 0 Å². The topological polar surface area (TPSA) is 65.4 Å². The van der Waals surface area contributed by atoms with E-state index in [0.717, 1.165) is 51.3 Å². The van der Waals surface area contributed by atoms with Gasteiger partial charge in [-0.3, -0.25) is 4.99 Å². The standard InChI is InChI=1S/C42H34N4S/c1-28-11-6-7-22-46(41-35(28)20-21-36-40-29(2)12-8-19-39(40)47-42(36)41)34-18-10-14-31(24-34)27-45-38(32-15-4-3-5-16-32)25-37(44)33-17-9-13-30(23-33)26-43/h3-11,13-25,29H,1,12,27,44H2,2H3/b11-6-,22-7-,37-25?,45-38?. The van der Waals surface area contributed by atoms with Gasteiger partial charge in [-0.2, -0.15) is 5.26 Å². The molecule has 1 atom stereocenters. The lowest BCUT2D eigenvalue weighted by atomic mass is 9.90. The SMILES string of the molecule is C=C1/C=C\C=C/N(c2cccc(CN=C(C=C(N)c3cccc(C#N)c3)c3ccccc3)c2)c2c1ccc1c3c(sc21)C=CCC3C. The van der Waals surface area contributed by atoms with Crippen LogP contribution in [0.15, 0.2) is 139 Å². The zero-order valence-corrected chi connectivity index (χ0v) is 27.0. The van der Waals surface area contributed by atoms with Gasteiger partial charge in [0.05, 0.1) is 34.3 Å². The van der Waals surface area contributed by atoms with E-state index in [4.69, 9.17) is 10.7 Å². The van der Waals surface area contributed by atoms with Gasteiger partial charge in [0.1, 0.15) is 0 Å². The Morgan fingerprint density at radius 2 is 1.83 bits per heavy atom. The molecule has 4 nitrogen and oxygen atoms in total. The zero-order valence-electron chi connectivity index (χ0n) is 26.2. The third-order valence-electron chi connectivity index (χ3n) is 8.69. The summed E-state index contributed by atoms with van der Waals surface area (Å²) < 4.78 is 1.28. The Bertz CT molecular complexity index is 2200. The Morgan fingerprint density at radius 3 is 2.68 bits per heavy atom. The van der Waals surface area contributed by atoms with Gasteiger partial charge in [-0.25, -0.2) is 0 Å². The molecule has 228 valence electrons. The number of rotatable bonds is 6. The van der Waals surface area contributed by atoms with E-state index in [2.05, 4.69) is 97.5 Å². The van der Waals surface area contributed by atoms with E-state index in [1.807, 2.05) is 59.9 Å². The van der Waals surface area contributed by atoms with Crippen LogP contribution in [-0.4, -0.2) is 5.71 Å². The van der Waals surface area contributed by atoms with Crippen LogP contribution in [-0.2, 0) is 6.54 Å². The molecule has 0 saturated heterocycles. The van der Waals surface area contributed by atoms with Crippen LogP contribution in [0.25, 0.3) is 27.4 Å². The van der Waals surface area contributed by atoms with Gasteiger partial charge in [-0.05, 0) is 88.0 Å². The maximum Gasteiger partial charge on any atom is 0.0991 e. The summed E-state index contributed by atoms with van der Waals surface area (Å²) in [7, 11) is 0. The molecule has 0 bridgehead atoms. The van der Waals surface area contributed by atoms with Crippen molar-refractivity contribution in [2.75, 3.05) is 4.90 Å². The first-order valence-electron chi connectivity index (χ1n) is 15.8. The van der Waals surface area contributed by atoms with Crippen molar-refractivity contribution in [3.05, 3.63) is 172 Å². The number of aliphatic imine (C=N–C) groups is 1. The van der Waals surface area contributed by atoms with Crippen LogP contribution in [0.1, 0.15) is 57.5 Å². The fourth-order valence-electron chi connectivity index (χ4n) is 6.31. The molecule has 2 aliphatic rings. The lowest BCUT2D eigenvalue weighted by Crippen LogP contribution is -2.12. The van der Waals surface area contributed by atoms with Crippen molar-refractivity contribution in [3.8, 4) is 6.07 Å². The first-order chi connectivity index (χ1) is 23.0. The Balaban J connectivity index is 1.29. The largest absolute Gasteiger partial charge is 0.398 e. The molecule has 2 heterocycles. The van der Waals surface area contributed by atoms with Gasteiger partial charge in [-0.1, -0.05) is 98.5 Å². The number of anilines is 2. The smallest absolute Gasteiger partial charge is 0.0991 e.